The van der Waals surface area contributed by atoms with Crippen LogP contribution in [-0.4, -0.2) is 17.1 Å². The molecule has 1 aliphatic heterocycles. The fourth-order valence-corrected chi connectivity index (χ4v) is 3.80. The van der Waals surface area contributed by atoms with Gasteiger partial charge in [0.15, 0.2) is 0 Å². The van der Waals surface area contributed by atoms with Crippen LogP contribution in [0.2, 0.25) is 0 Å². The number of hydrogen-bond donors (Lipinski definition) is 0. The zero-order chi connectivity index (χ0) is 18.9. The molecule has 0 fully saturated rings. The van der Waals surface area contributed by atoms with Gasteiger partial charge in [0.1, 0.15) is 23.6 Å². The normalized spacial score (nSPS) is 19.3. The number of nitrogens with zero attached hydrogens (tertiary/aromatic N) is 3. The minimum absolute atomic E-state index is 0.0327. The molecule has 2 heterocycles. The minimum atomic E-state index is -0.0327. The molecule has 0 radical (unpaired) electrons. The predicted molar refractivity (Wildman–Crippen MR) is 109 cm³/mol. The maximum Gasteiger partial charge on any atom is 0.144 e. The van der Waals surface area contributed by atoms with Gasteiger partial charge < -0.3 is 9.64 Å². The zero-order valence-electron chi connectivity index (χ0n) is 15.1. The topological polar surface area (TPSA) is 49.2 Å². The van der Waals surface area contributed by atoms with Gasteiger partial charge in [-0.05, 0) is 53.6 Å². The third-order valence-electron chi connectivity index (χ3n) is 5.07. The lowest BCUT2D eigenvalue weighted by molar-refractivity contribution is 0.218. The van der Waals surface area contributed by atoms with E-state index in [-0.39, 0.29) is 12.1 Å². The van der Waals surface area contributed by atoms with Crippen LogP contribution in [0.3, 0.4) is 0 Å². The molecule has 2 atom stereocenters. The Morgan fingerprint density at radius 2 is 1.79 bits per heavy atom. The fourth-order valence-electron chi connectivity index (χ4n) is 3.80. The maximum absolute atomic E-state index is 9.16. The van der Waals surface area contributed by atoms with Gasteiger partial charge in [0.25, 0.3) is 0 Å². The van der Waals surface area contributed by atoms with E-state index >= 15 is 0 Å². The smallest absolute Gasteiger partial charge is 0.144 e. The van der Waals surface area contributed by atoms with Gasteiger partial charge in [0.05, 0.1) is 11.7 Å². The van der Waals surface area contributed by atoms with Gasteiger partial charge in [-0.1, -0.05) is 42.5 Å². The second-order valence-electron chi connectivity index (χ2n) is 6.77. The summed E-state index contributed by atoms with van der Waals surface area (Å²) in [6.45, 7) is 0. The molecule has 0 amide bonds. The average molecular weight is 363 g/mol. The first-order valence-corrected chi connectivity index (χ1v) is 9.20. The van der Waals surface area contributed by atoms with Crippen LogP contribution in [0.5, 0.6) is 5.75 Å². The molecule has 134 valence electrons. The lowest BCUT2D eigenvalue weighted by Gasteiger charge is -2.42. The van der Waals surface area contributed by atoms with Crippen LogP contribution < -0.4 is 9.64 Å². The molecule has 3 aromatic rings. The van der Waals surface area contributed by atoms with Gasteiger partial charge in [0.2, 0.25) is 0 Å². The van der Waals surface area contributed by atoms with E-state index < -0.39 is 0 Å². The van der Waals surface area contributed by atoms with E-state index in [1.165, 1.54) is 0 Å². The lowest BCUT2D eigenvalue weighted by Crippen LogP contribution is -2.46. The summed E-state index contributed by atoms with van der Waals surface area (Å²) in [5.41, 5.74) is 4.57. The standard InChI is InChI=1S/C24H17N3O/c25-16-19-14-18(12-13-26-19)17-6-5-7-20(15-17)27-21-8-1-3-10-23(21)28-24-11-4-2-9-22(24)27/h1-15,21,23H. The zero-order valence-corrected chi connectivity index (χ0v) is 15.1. The van der Waals surface area contributed by atoms with E-state index in [0.29, 0.717) is 5.69 Å². The predicted octanol–water partition coefficient (Wildman–Crippen LogP) is 5.01. The van der Waals surface area contributed by atoms with E-state index in [1.54, 1.807) is 6.20 Å². The van der Waals surface area contributed by atoms with Gasteiger partial charge >= 0.3 is 0 Å². The summed E-state index contributed by atoms with van der Waals surface area (Å²) in [4.78, 5) is 6.39. The Morgan fingerprint density at radius 1 is 0.929 bits per heavy atom. The van der Waals surface area contributed by atoms with Crippen LogP contribution in [0, 0.1) is 11.3 Å². The molecule has 0 saturated carbocycles. The SMILES string of the molecule is N#Cc1cc(-c2cccc(N3c4ccccc4OC4C=CC=CC43)c2)ccn1. The van der Waals surface area contributed by atoms with Gasteiger partial charge in [-0.2, -0.15) is 5.26 Å². The first kappa shape index (κ1) is 16.3. The second-order valence-corrected chi connectivity index (χ2v) is 6.77. The largest absolute Gasteiger partial charge is 0.482 e. The van der Waals surface area contributed by atoms with E-state index in [0.717, 1.165) is 28.3 Å². The van der Waals surface area contributed by atoms with Crippen molar-refractivity contribution in [1.29, 1.82) is 5.26 Å². The fraction of sp³-hybridized carbons (Fsp3) is 0.0833. The summed E-state index contributed by atoms with van der Waals surface area (Å²) >= 11 is 0. The maximum atomic E-state index is 9.16. The number of aromatic nitrogens is 1. The van der Waals surface area contributed by atoms with Crippen molar-refractivity contribution in [1.82, 2.24) is 4.98 Å². The number of hydrogen-bond acceptors (Lipinski definition) is 4. The summed E-state index contributed by atoms with van der Waals surface area (Å²) < 4.78 is 6.21. The third-order valence-corrected chi connectivity index (χ3v) is 5.07. The van der Waals surface area contributed by atoms with Crippen molar-refractivity contribution in [2.45, 2.75) is 12.1 Å². The van der Waals surface area contributed by atoms with Crippen molar-refractivity contribution in [3.05, 3.63) is 96.9 Å². The Labute approximate surface area is 163 Å². The first-order chi connectivity index (χ1) is 13.8. The van der Waals surface area contributed by atoms with Crippen molar-refractivity contribution in [3.8, 4) is 22.9 Å². The molecule has 0 N–H and O–H groups in total. The molecule has 4 heteroatoms. The van der Waals surface area contributed by atoms with E-state index in [9.17, 15) is 0 Å². The van der Waals surface area contributed by atoms with Gasteiger partial charge in [-0.15, -0.1) is 0 Å². The highest BCUT2D eigenvalue weighted by Crippen LogP contribution is 2.43. The second kappa shape index (κ2) is 6.71. The number of nitriles is 1. The number of pyridine rings is 1. The van der Waals surface area contributed by atoms with Crippen LogP contribution in [0.1, 0.15) is 5.69 Å². The third kappa shape index (κ3) is 2.74. The Balaban J connectivity index is 1.63. The number of rotatable bonds is 2. The highest BCUT2D eigenvalue weighted by molar-refractivity contribution is 5.77. The molecular formula is C24H17N3O. The monoisotopic (exact) mass is 363 g/mol. The summed E-state index contributed by atoms with van der Waals surface area (Å²) in [6, 6.07) is 22.4. The first-order valence-electron chi connectivity index (χ1n) is 9.20. The molecular weight excluding hydrogens is 346 g/mol. The van der Waals surface area contributed by atoms with Crippen molar-refractivity contribution in [3.63, 3.8) is 0 Å². The summed E-state index contributed by atoms with van der Waals surface area (Å²) in [5.74, 6) is 0.879. The lowest BCUT2D eigenvalue weighted by atomic mass is 9.98. The number of allylic oxidation sites excluding steroid dienone is 2. The molecule has 0 spiro atoms. The summed E-state index contributed by atoms with van der Waals surface area (Å²) in [5, 5.41) is 9.16. The van der Waals surface area contributed by atoms with Gasteiger partial charge in [0, 0.05) is 11.9 Å². The van der Waals surface area contributed by atoms with E-state index in [4.69, 9.17) is 10.00 Å². The molecule has 0 saturated heterocycles. The number of fused-ring (bicyclic) bond motifs is 2. The number of anilines is 2. The van der Waals surface area contributed by atoms with Crippen LogP contribution in [-0.2, 0) is 0 Å². The van der Waals surface area contributed by atoms with Crippen LogP contribution >= 0.6 is 0 Å². The Morgan fingerprint density at radius 3 is 2.71 bits per heavy atom. The molecule has 1 aliphatic carbocycles. The Bertz CT molecular complexity index is 1140. The molecule has 0 bridgehead atoms. The average Bonchev–Trinajstić information content (AvgIpc) is 2.77. The van der Waals surface area contributed by atoms with Crippen molar-refractivity contribution in [2.75, 3.05) is 4.90 Å². The van der Waals surface area contributed by atoms with Crippen LogP contribution in [0.25, 0.3) is 11.1 Å². The van der Waals surface area contributed by atoms with Gasteiger partial charge in [-0.3, -0.25) is 0 Å². The molecule has 2 aromatic carbocycles. The molecule has 28 heavy (non-hydrogen) atoms. The van der Waals surface area contributed by atoms with Crippen molar-refractivity contribution < 1.29 is 4.74 Å². The molecule has 2 aliphatic rings. The quantitative estimate of drug-likeness (QED) is 0.642. The number of ether oxygens (including phenoxy) is 1. The van der Waals surface area contributed by atoms with E-state index in [2.05, 4.69) is 58.4 Å². The van der Waals surface area contributed by atoms with Crippen molar-refractivity contribution >= 4 is 11.4 Å². The molecule has 4 nitrogen and oxygen atoms in total. The molecule has 1 aromatic heterocycles. The number of para-hydroxylation sites is 2. The highest BCUT2D eigenvalue weighted by Gasteiger charge is 2.34. The summed E-state index contributed by atoms with van der Waals surface area (Å²) in [6.07, 6.45) is 10.0. The Hall–Kier alpha value is -3.84. The number of benzene rings is 2. The molecule has 5 rings (SSSR count). The van der Waals surface area contributed by atoms with Crippen molar-refractivity contribution in [2.24, 2.45) is 0 Å². The van der Waals surface area contributed by atoms with Gasteiger partial charge in [-0.25, -0.2) is 4.98 Å². The van der Waals surface area contributed by atoms with Crippen LogP contribution in [0.15, 0.2) is 91.2 Å². The highest BCUT2D eigenvalue weighted by atomic mass is 16.5. The summed E-state index contributed by atoms with van der Waals surface area (Å²) in [7, 11) is 0. The Kier molecular flexibility index (Phi) is 3.92. The molecule has 2 unspecified atom stereocenters. The van der Waals surface area contributed by atoms with E-state index in [1.807, 2.05) is 42.5 Å². The van der Waals surface area contributed by atoms with Crippen LogP contribution in [0.4, 0.5) is 11.4 Å². The minimum Gasteiger partial charge on any atom is -0.482 e.